The number of amides is 1. The van der Waals surface area contributed by atoms with Crippen molar-refractivity contribution in [2.24, 2.45) is 11.8 Å². The molecule has 100 valence electrons. The predicted octanol–water partition coefficient (Wildman–Crippen LogP) is 3.85. The van der Waals surface area contributed by atoms with Crippen LogP contribution >= 0.6 is 0 Å². The lowest BCUT2D eigenvalue weighted by Crippen LogP contribution is -2.44. The number of hydrogen-bond donors (Lipinski definition) is 0. The molecule has 1 heterocycles. The van der Waals surface area contributed by atoms with Crippen molar-refractivity contribution in [1.82, 2.24) is 4.90 Å². The molecular weight excluding hydrogens is 210 g/mol. The lowest BCUT2D eigenvalue weighted by Gasteiger charge is -2.36. The minimum atomic E-state index is 0.383. The van der Waals surface area contributed by atoms with E-state index in [2.05, 4.69) is 32.6 Å². The van der Waals surface area contributed by atoms with Gasteiger partial charge in [0.1, 0.15) is 0 Å². The molecule has 0 radical (unpaired) electrons. The van der Waals surface area contributed by atoms with Gasteiger partial charge in [0.25, 0.3) is 0 Å². The number of carbonyl (C=O) groups excluding carboxylic acids is 1. The summed E-state index contributed by atoms with van der Waals surface area (Å²) in [6.07, 6.45) is 6.88. The SMILES string of the molecule is CC(C)CCC1CCCCN1C(=O)CC(C)C. The second-order valence-corrected chi connectivity index (χ2v) is 6.31. The van der Waals surface area contributed by atoms with Gasteiger partial charge in [-0.2, -0.15) is 0 Å². The summed E-state index contributed by atoms with van der Waals surface area (Å²) >= 11 is 0. The monoisotopic (exact) mass is 239 g/mol. The number of rotatable bonds is 5. The molecule has 0 bridgehead atoms. The summed E-state index contributed by atoms with van der Waals surface area (Å²) in [6, 6.07) is 0.525. The first-order valence-electron chi connectivity index (χ1n) is 7.30. The topological polar surface area (TPSA) is 20.3 Å². The van der Waals surface area contributed by atoms with Crippen LogP contribution in [0.1, 0.15) is 66.2 Å². The van der Waals surface area contributed by atoms with Crippen molar-refractivity contribution in [3.8, 4) is 0 Å². The van der Waals surface area contributed by atoms with Gasteiger partial charge in [-0.05, 0) is 43.9 Å². The van der Waals surface area contributed by atoms with E-state index in [9.17, 15) is 4.79 Å². The van der Waals surface area contributed by atoms with Crippen molar-refractivity contribution in [2.45, 2.75) is 72.3 Å². The Kier molecular flexibility index (Phi) is 6.01. The van der Waals surface area contributed by atoms with E-state index < -0.39 is 0 Å². The highest BCUT2D eigenvalue weighted by molar-refractivity contribution is 5.76. The highest BCUT2D eigenvalue weighted by Crippen LogP contribution is 2.24. The van der Waals surface area contributed by atoms with Gasteiger partial charge < -0.3 is 4.90 Å². The second-order valence-electron chi connectivity index (χ2n) is 6.31. The van der Waals surface area contributed by atoms with Gasteiger partial charge in [0.2, 0.25) is 5.91 Å². The summed E-state index contributed by atoms with van der Waals surface area (Å²) in [5.41, 5.74) is 0. The van der Waals surface area contributed by atoms with Gasteiger partial charge in [-0.3, -0.25) is 4.79 Å². The lowest BCUT2D eigenvalue weighted by atomic mass is 9.94. The third kappa shape index (κ3) is 5.10. The lowest BCUT2D eigenvalue weighted by molar-refractivity contribution is -0.135. The molecule has 2 heteroatoms. The Morgan fingerprint density at radius 1 is 1.18 bits per heavy atom. The van der Waals surface area contributed by atoms with E-state index in [0.29, 0.717) is 17.9 Å². The van der Waals surface area contributed by atoms with E-state index in [4.69, 9.17) is 0 Å². The van der Waals surface area contributed by atoms with Crippen molar-refractivity contribution < 1.29 is 4.79 Å². The Morgan fingerprint density at radius 3 is 2.47 bits per heavy atom. The summed E-state index contributed by atoms with van der Waals surface area (Å²) in [6.45, 7) is 9.79. The molecule has 2 nitrogen and oxygen atoms in total. The van der Waals surface area contributed by atoms with Gasteiger partial charge >= 0.3 is 0 Å². The zero-order chi connectivity index (χ0) is 12.8. The molecule has 0 N–H and O–H groups in total. The molecule has 1 saturated heterocycles. The highest BCUT2D eigenvalue weighted by atomic mass is 16.2. The molecule has 1 atom stereocenters. The Morgan fingerprint density at radius 2 is 1.88 bits per heavy atom. The number of likely N-dealkylation sites (tertiary alicyclic amines) is 1. The van der Waals surface area contributed by atoms with E-state index in [0.717, 1.165) is 18.9 Å². The van der Waals surface area contributed by atoms with Crippen LogP contribution in [-0.4, -0.2) is 23.4 Å². The normalized spacial score (nSPS) is 21.3. The zero-order valence-electron chi connectivity index (χ0n) is 12.0. The fourth-order valence-corrected chi connectivity index (χ4v) is 2.62. The average molecular weight is 239 g/mol. The molecule has 1 aliphatic rings. The Bertz CT molecular complexity index is 235. The van der Waals surface area contributed by atoms with Crippen LogP contribution in [-0.2, 0) is 4.79 Å². The Balaban J connectivity index is 2.49. The van der Waals surface area contributed by atoms with Crippen LogP contribution in [0.5, 0.6) is 0 Å². The maximum absolute atomic E-state index is 12.2. The quantitative estimate of drug-likeness (QED) is 0.713. The summed E-state index contributed by atoms with van der Waals surface area (Å²) in [5.74, 6) is 1.61. The number of carbonyl (C=O) groups is 1. The molecule has 1 amide bonds. The van der Waals surface area contributed by atoms with E-state index in [1.165, 1.54) is 32.1 Å². The van der Waals surface area contributed by atoms with Gasteiger partial charge in [-0.1, -0.05) is 27.7 Å². The van der Waals surface area contributed by atoms with Gasteiger partial charge in [0, 0.05) is 19.0 Å². The van der Waals surface area contributed by atoms with Crippen LogP contribution in [0.2, 0.25) is 0 Å². The molecular formula is C15H29NO. The van der Waals surface area contributed by atoms with E-state index in [1.807, 2.05) is 0 Å². The van der Waals surface area contributed by atoms with Crippen LogP contribution < -0.4 is 0 Å². The third-order valence-electron chi connectivity index (χ3n) is 3.61. The minimum absolute atomic E-state index is 0.383. The first-order chi connectivity index (χ1) is 8.00. The fraction of sp³-hybridized carbons (Fsp3) is 0.933. The van der Waals surface area contributed by atoms with Crippen LogP contribution in [0, 0.1) is 11.8 Å². The van der Waals surface area contributed by atoms with E-state index >= 15 is 0 Å². The van der Waals surface area contributed by atoms with Crippen molar-refractivity contribution in [2.75, 3.05) is 6.54 Å². The number of piperidine rings is 1. The summed E-state index contributed by atoms with van der Waals surface area (Å²) < 4.78 is 0. The first-order valence-corrected chi connectivity index (χ1v) is 7.30. The maximum Gasteiger partial charge on any atom is 0.223 e. The first kappa shape index (κ1) is 14.5. The minimum Gasteiger partial charge on any atom is -0.340 e. The Labute approximate surface area is 107 Å². The third-order valence-corrected chi connectivity index (χ3v) is 3.61. The molecule has 1 aliphatic heterocycles. The van der Waals surface area contributed by atoms with Crippen molar-refractivity contribution in [3.63, 3.8) is 0 Å². The molecule has 1 unspecified atom stereocenters. The van der Waals surface area contributed by atoms with Gasteiger partial charge in [-0.15, -0.1) is 0 Å². The van der Waals surface area contributed by atoms with Crippen LogP contribution in [0.15, 0.2) is 0 Å². The largest absolute Gasteiger partial charge is 0.340 e. The van der Waals surface area contributed by atoms with E-state index in [1.54, 1.807) is 0 Å². The van der Waals surface area contributed by atoms with Gasteiger partial charge in [0.15, 0.2) is 0 Å². The van der Waals surface area contributed by atoms with Crippen LogP contribution in [0.25, 0.3) is 0 Å². The summed E-state index contributed by atoms with van der Waals surface area (Å²) in [5, 5.41) is 0. The molecule has 1 fully saturated rings. The molecule has 0 aliphatic carbocycles. The maximum atomic E-state index is 12.2. The van der Waals surface area contributed by atoms with Crippen LogP contribution in [0.4, 0.5) is 0 Å². The molecule has 0 aromatic rings. The smallest absolute Gasteiger partial charge is 0.223 e. The highest BCUT2D eigenvalue weighted by Gasteiger charge is 2.26. The van der Waals surface area contributed by atoms with Crippen molar-refractivity contribution >= 4 is 5.91 Å². The molecule has 0 aromatic heterocycles. The van der Waals surface area contributed by atoms with Gasteiger partial charge in [0.05, 0.1) is 0 Å². The van der Waals surface area contributed by atoms with E-state index in [-0.39, 0.29) is 0 Å². The fourth-order valence-electron chi connectivity index (χ4n) is 2.62. The number of nitrogens with zero attached hydrogens (tertiary/aromatic N) is 1. The van der Waals surface area contributed by atoms with Crippen molar-refractivity contribution in [3.05, 3.63) is 0 Å². The number of hydrogen-bond acceptors (Lipinski definition) is 1. The van der Waals surface area contributed by atoms with Crippen LogP contribution in [0.3, 0.4) is 0 Å². The molecule has 1 rings (SSSR count). The molecule has 0 aromatic carbocycles. The molecule has 0 saturated carbocycles. The summed E-state index contributed by atoms with van der Waals surface area (Å²) in [4.78, 5) is 14.4. The zero-order valence-corrected chi connectivity index (χ0v) is 12.0. The van der Waals surface area contributed by atoms with Crippen molar-refractivity contribution in [1.29, 1.82) is 0 Å². The summed E-state index contributed by atoms with van der Waals surface area (Å²) in [7, 11) is 0. The molecule has 17 heavy (non-hydrogen) atoms. The molecule has 0 spiro atoms. The predicted molar refractivity (Wildman–Crippen MR) is 72.9 cm³/mol. The van der Waals surface area contributed by atoms with Gasteiger partial charge in [-0.25, -0.2) is 0 Å². The second kappa shape index (κ2) is 7.03. The average Bonchev–Trinajstić information content (AvgIpc) is 2.25. The standard InChI is InChI=1S/C15H29NO/c1-12(2)8-9-14-7-5-6-10-16(14)15(17)11-13(3)4/h12-14H,5-11H2,1-4H3. The Hall–Kier alpha value is -0.530.